The third-order valence-corrected chi connectivity index (χ3v) is 3.97. The predicted molar refractivity (Wildman–Crippen MR) is 98.6 cm³/mol. The number of aryl methyl sites for hydroxylation is 1. The van der Waals surface area contributed by atoms with E-state index in [9.17, 15) is 4.79 Å². The minimum absolute atomic E-state index is 0.177. The Kier molecular flexibility index (Phi) is 4.84. The fraction of sp³-hybridized carbons (Fsp3) is 0.200. The third-order valence-electron chi connectivity index (χ3n) is 3.97. The van der Waals surface area contributed by atoms with Crippen molar-refractivity contribution in [2.24, 2.45) is 0 Å². The summed E-state index contributed by atoms with van der Waals surface area (Å²) in [5.74, 6) is 1.17. The highest BCUT2D eigenvalue weighted by atomic mass is 16.3. The number of hydrogen-bond acceptors (Lipinski definition) is 4. The lowest BCUT2D eigenvalue weighted by molar-refractivity contribution is 0.0948. The molecule has 2 aromatic heterocycles. The SMILES string of the molecule is Cc1ccccc1-c1ccc(C(=O)NCc2ccco2)c(N(C)C)n1. The molecule has 3 rings (SSSR count). The summed E-state index contributed by atoms with van der Waals surface area (Å²) in [6.07, 6.45) is 1.59. The van der Waals surface area contributed by atoms with Crippen LogP contribution in [-0.2, 0) is 6.54 Å². The van der Waals surface area contributed by atoms with Gasteiger partial charge in [0, 0.05) is 19.7 Å². The van der Waals surface area contributed by atoms with Gasteiger partial charge in [0.2, 0.25) is 0 Å². The van der Waals surface area contributed by atoms with Gasteiger partial charge in [-0.1, -0.05) is 24.3 Å². The number of rotatable bonds is 5. The molecule has 3 aromatic rings. The van der Waals surface area contributed by atoms with Gasteiger partial charge in [-0.25, -0.2) is 4.98 Å². The molecule has 2 heterocycles. The number of amides is 1. The van der Waals surface area contributed by atoms with Crippen LogP contribution in [0.25, 0.3) is 11.3 Å². The number of furan rings is 1. The topological polar surface area (TPSA) is 58.4 Å². The summed E-state index contributed by atoms with van der Waals surface area (Å²) in [6.45, 7) is 2.40. The van der Waals surface area contributed by atoms with Gasteiger partial charge in [-0.15, -0.1) is 0 Å². The van der Waals surface area contributed by atoms with Crippen LogP contribution in [0.1, 0.15) is 21.7 Å². The van der Waals surface area contributed by atoms with E-state index >= 15 is 0 Å². The first-order valence-electron chi connectivity index (χ1n) is 8.11. The van der Waals surface area contributed by atoms with Crippen molar-refractivity contribution in [2.45, 2.75) is 13.5 Å². The van der Waals surface area contributed by atoms with E-state index in [1.165, 1.54) is 0 Å². The van der Waals surface area contributed by atoms with Gasteiger partial charge in [0.25, 0.3) is 5.91 Å². The highest BCUT2D eigenvalue weighted by Gasteiger charge is 2.16. The summed E-state index contributed by atoms with van der Waals surface area (Å²) in [4.78, 5) is 19.1. The summed E-state index contributed by atoms with van der Waals surface area (Å²) < 4.78 is 5.25. The second-order valence-electron chi connectivity index (χ2n) is 6.04. The van der Waals surface area contributed by atoms with Crippen molar-refractivity contribution in [1.82, 2.24) is 10.3 Å². The van der Waals surface area contributed by atoms with Gasteiger partial charge in [0.05, 0.1) is 24.1 Å². The molecule has 25 heavy (non-hydrogen) atoms. The predicted octanol–water partition coefficient (Wildman–Crippen LogP) is 3.65. The Bertz CT molecular complexity index is 870. The molecule has 0 aliphatic rings. The van der Waals surface area contributed by atoms with Gasteiger partial charge >= 0.3 is 0 Å². The van der Waals surface area contributed by atoms with Gasteiger partial charge in [0.15, 0.2) is 0 Å². The Morgan fingerprint density at radius 2 is 1.92 bits per heavy atom. The molecule has 128 valence electrons. The molecule has 1 amide bonds. The normalized spacial score (nSPS) is 10.5. The molecule has 0 atom stereocenters. The molecule has 0 saturated carbocycles. The second-order valence-corrected chi connectivity index (χ2v) is 6.04. The molecule has 0 radical (unpaired) electrons. The molecular formula is C20H21N3O2. The van der Waals surface area contributed by atoms with Crippen LogP contribution in [0.3, 0.4) is 0 Å². The molecule has 0 unspecified atom stereocenters. The number of benzene rings is 1. The summed E-state index contributed by atoms with van der Waals surface area (Å²) in [5, 5.41) is 2.87. The lowest BCUT2D eigenvalue weighted by atomic mass is 10.0. The molecule has 0 fully saturated rings. The van der Waals surface area contributed by atoms with Gasteiger partial charge < -0.3 is 14.6 Å². The van der Waals surface area contributed by atoms with E-state index in [1.807, 2.05) is 55.4 Å². The van der Waals surface area contributed by atoms with Crippen molar-refractivity contribution in [3.63, 3.8) is 0 Å². The van der Waals surface area contributed by atoms with E-state index in [0.29, 0.717) is 23.7 Å². The molecule has 0 saturated heterocycles. The summed E-state index contributed by atoms with van der Waals surface area (Å²) >= 11 is 0. The van der Waals surface area contributed by atoms with Gasteiger partial charge in [-0.2, -0.15) is 0 Å². The molecule has 5 nitrogen and oxygen atoms in total. The average molecular weight is 335 g/mol. The van der Waals surface area contributed by atoms with Crippen molar-refractivity contribution in [1.29, 1.82) is 0 Å². The molecule has 0 aliphatic heterocycles. The molecule has 1 N–H and O–H groups in total. The number of nitrogens with zero attached hydrogens (tertiary/aromatic N) is 2. The summed E-state index contributed by atoms with van der Waals surface area (Å²) in [7, 11) is 3.76. The molecular weight excluding hydrogens is 314 g/mol. The third kappa shape index (κ3) is 3.71. The van der Waals surface area contributed by atoms with E-state index < -0.39 is 0 Å². The van der Waals surface area contributed by atoms with E-state index in [4.69, 9.17) is 9.40 Å². The van der Waals surface area contributed by atoms with Crippen LogP contribution in [0, 0.1) is 6.92 Å². The molecule has 0 aliphatic carbocycles. The van der Waals surface area contributed by atoms with Crippen LogP contribution in [-0.4, -0.2) is 25.0 Å². The van der Waals surface area contributed by atoms with Crippen LogP contribution >= 0.6 is 0 Å². The van der Waals surface area contributed by atoms with Crippen LogP contribution in [0.4, 0.5) is 5.82 Å². The van der Waals surface area contributed by atoms with Crippen molar-refractivity contribution in [2.75, 3.05) is 19.0 Å². The molecule has 0 bridgehead atoms. The van der Waals surface area contributed by atoms with Gasteiger partial charge in [-0.3, -0.25) is 4.79 Å². The zero-order valence-corrected chi connectivity index (χ0v) is 14.6. The quantitative estimate of drug-likeness (QED) is 0.773. The fourth-order valence-electron chi connectivity index (χ4n) is 2.65. The van der Waals surface area contributed by atoms with Crippen molar-refractivity contribution in [3.05, 3.63) is 71.7 Å². The van der Waals surface area contributed by atoms with Gasteiger partial charge in [-0.05, 0) is 36.8 Å². The molecule has 0 spiro atoms. The first-order valence-corrected chi connectivity index (χ1v) is 8.11. The smallest absolute Gasteiger partial charge is 0.255 e. The molecule has 1 aromatic carbocycles. The minimum atomic E-state index is -0.177. The van der Waals surface area contributed by atoms with Crippen molar-refractivity contribution >= 4 is 11.7 Å². The first-order chi connectivity index (χ1) is 12.1. The van der Waals surface area contributed by atoms with Gasteiger partial charge in [0.1, 0.15) is 11.6 Å². The maximum Gasteiger partial charge on any atom is 0.255 e. The Labute approximate surface area is 147 Å². The number of nitrogens with one attached hydrogen (secondary N) is 1. The van der Waals surface area contributed by atoms with Crippen LogP contribution in [0.5, 0.6) is 0 Å². The van der Waals surface area contributed by atoms with E-state index in [1.54, 1.807) is 12.3 Å². The average Bonchev–Trinajstić information content (AvgIpc) is 3.13. The lowest BCUT2D eigenvalue weighted by Gasteiger charge is -2.17. The Morgan fingerprint density at radius 1 is 1.12 bits per heavy atom. The second kappa shape index (κ2) is 7.21. The van der Waals surface area contributed by atoms with E-state index in [2.05, 4.69) is 18.3 Å². The van der Waals surface area contributed by atoms with Crippen LogP contribution in [0.2, 0.25) is 0 Å². The monoisotopic (exact) mass is 335 g/mol. The first kappa shape index (κ1) is 16.8. The number of anilines is 1. The zero-order valence-electron chi connectivity index (χ0n) is 14.6. The van der Waals surface area contributed by atoms with Crippen molar-refractivity contribution < 1.29 is 9.21 Å². The number of carbonyl (C=O) groups is 1. The van der Waals surface area contributed by atoms with Crippen LogP contribution in [0.15, 0.2) is 59.2 Å². The highest BCUT2D eigenvalue weighted by Crippen LogP contribution is 2.25. The number of carbonyl (C=O) groups excluding carboxylic acids is 1. The van der Waals surface area contributed by atoms with E-state index in [0.717, 1.165) is 16.8 Å². The van der Waals surface area contributed by atoms with Crippen LogP contribution < -0.4 is 10.2 Å². The number of aromatic nitrogens is 1. The number of pyridine rings is 1. The Balaban J connectivity index is 1.89. The Morgan fingerprint density at radius 3 is 2.60 bits per heavy atom. The summed E-state index contributed by atoms with van der Waals surface area (Å²) in [6, 6.07) is 15.4. The fourth-order valence-corrected chi connectivity index (χ4v) is 2.65. The van der Waals surface area contributed by atoms with Crippen molar-refractivity contribution in [3.8, 4) is 11.3 Å². The number of hydrogen-bond donors (Lipinski definition) is 1. The molecule has 5 heteroatoms. The Hall–Kier alpha value is -3.08. The summed E-state index contributed by atoms with van der Waals surface area (Å²) in [5.41, 5.74) is 3.60. The largest absolute Gasteiger partial charge is 0.467 e. The van der Waals surface area contributed by atoms with E-state index in [-0.39, 0.29) is 5.91 Å². The standard InChI is InChI=1S/C20H21N3O2/c1-14-7-4-5-9-16(14)18-11-10-17(19(22-18)23(2)3)20(24)21-13-15-8-6-12-25-15/h4-12H,13H2,1-3H3,(H,21,24). The highest BCUT2D eigenvalue weighted by molar-refractivity contribution is 5.99. The maximum absolute atomic E-state index is 12.6. The maximum atomic E-state index is 12.6. The minimum Gasteiger partial charge on any atom is -0.467 e. The lowest BCUT2D eigenvalue weighted by Crippen LogP contribution is -2.26. The zero-order chi connectivity index (χ0) is 17.8.